The van der Waals surface area contributed by atoms with E-state index in [1.807, 2.05) is 0 Å². The largest absolute Gasteiger partial charge is 0.385 e. The van der Waals surface area contributed by atoms with Gasteiger partial charge in [0.15, 0.2) is 0 Å². The Kier molecular flexibility index (Phi) is 3.40. The molecule has 1 N–H and O–H groups in total. The summed E-state index contributed by atoms with van der Waals surface area (Å²) in [5.74, 6) is 0.0501. The lowest BCUT2D eigenvalue weighted by Crippen LogP contribution is -2.48. The van der Waals surface area contributed by atoms with E-state index in [2.05, 4.69) is 17.9 Å². The molecule has 1 aliphatic heterocycles. The molecule has 0 aromatic carbocycles. The molecule has 4 heteroatoms. The van der Waals surface area contributed by atoms with Crippen molar-refractivity contribution in [2.45, 2.75) is 24.0 Å². The van der Waals surface area contributed by atoms with Gasteiger partial charge >= 0.3 is 0 Å². The van der Waals surface area contributed by atoms with E-state index >= 15 is 0 Å². The van der Waals surface area contributed by atoms with Crippen LogP contribution >= 0.6 is 12.6 Å². The van der Waals surface area contributed by atoms with E-state index in [4.69, 9.17) is 4.74 Å². The predicted octanol–water partition coefficient (Wildman–Crippen LogP) is 0.602. The lowest BCUT2D eigenvalue weighted by molar-refractivity contribution is -0.125. The van der Waals surface area contributed by atoms with Crippen LogP contribution in [0.4, 0.5) is 0 Å². The van der Waals surface area contributed by atoms with Crippen LogP contribution in [0.2, 0.25) is 0 Å². The molecule has 0 aromatic heterocycles. The second-order valence-electron chi connectivity index (χ2n) is 3.13. The van der Waals surface area contributed by atoms with Gasteiger partial charge in [0.2, 0.25) is 5.91 Å². The summed E-state index contributed by atoms with van der Waals surface area (Å²) in [5, 5.41) is 2.81. The molecule has 1 saturated heterocycles. The molecule has 12 heavy (non-hydrogen) atoms. The summed E-state index contributed by atoms with van der Waals surface area (Å²) in [5.41, 5.74) is 0. The topological polar surface area (TPSA) is 38.3 Å². The van der Waals surface area contributed by atoms with Crippen LogP contribution in [-0.2, 0) is 9.53 Å². The number of carbonyl (C=O) groups is 1. The van der Waals surface area contributed by atoms with Crippen LogP contribution in [0.3, 0.4) is 0 Å². The number of rotatable bonds is 3. The summed E-state index contributed by atoms with van der Waals surface area (Å²) in [6.45, 7) is 1.38. The van der Waals surface area contributed by atoms with E-state index in [1.54, 1.807) is 7.11 Å². The number of hydrogen-bond acceptors (Lipinski definition) is 3. The summed E-state index contributed by atoms with van der Waals surface area (Å²) < 4.78 is 4.44. The standard InChI is InChI=1S/C8H15NO2S/c1-11-6-4-8(12)3-2-5-9-7(8)10/h12H,2-6H2,1H3,(H,9,10). The highest BCUT2D eigenvalue weighted by Crippen LogP contribution is 2.28. The van der Waals surface area contributed by atoms with Gasteiger partial charge in [-0.3, -0.25) is 4.79 Å². The van der Waals surface area contributed by atoms with Crippen molar-refractivity contribution >= 4 is 18.5 Å². The number of methoxy groups -OCH3 is 1. The molecule has 1 fully saturated rings. The molecule has 0 spiro atoms. The number of amides is 1. The first-order chi connectivity index (χ1) is 5.69. The summed E-state index contributed by atoms with van der Waals surface area (Å²) >= 11 is 4.39. The minimum Gasteiger partial charge on any atom is -0.385 e. The Morgan fingerprint density at radius 2 is 2.50 bits per heavy atom. The maximum atomic E-state index is 11.4. The van der Waals surface area contributed by atoms with Gasteiger partial charge in [-0.05, 0) is 19.3 Å². The SMILES string of the molecule is COCCC1(S)CCCNC1=O. The number of thiol groups is 1. The number of piperidine rings is 1. The van der Waals surface area contributed by atoms with Gasteiger partial charge in [0, 0.05) is 20.3 Å². The minimum absolute atomic E-state index is 0.0501. The third-order valence-electron chi connectivity index (χ3n) is 2.20. The molecule has 0 radical (unpaired) electrons. The lowest BCUT2D eigenvalue weighted by Gasteiger charge is -2.31. The maximum absolute atomic E-state index is 11.4. The maximum Gasteiger partial charge on any atom is 0.236 e. The molecule has 0 aromatic rings. The molecule has 1 heterocycles. The number of carbonyl (C=O) groups excluding carboxylic acids is 1. The smallest absolute Gasteiger partial charge is 0.236 e. The molecule has 0 bridgehead atoms. The zero-order valence-corrected chi connectivity index (χ0v) is 8.19. The van der Waals surface area contributed by atoms with E-state index in [9.17, 15) is 4.79 Å². The first-order valence-electron chi connectivity index (χ1n) is 4.19. The van der Waals surface area contributed by atoms with Crippen molar-refractivity contribution in [3.8, 4) is 0 Å². The molecule has 0 aliphatic carbocycles. The summed E-state index contributed by atoms with van der Waals surface area (Å²) in [7, 11) is 1.64. The van der Waals surface area contributed by atoms with E-state index in [0.717, 1.165) is 19.4 Å². The molecular weight excluding hydrogens is 174 g/mol. The van der Waals surface area contributed by atoms with Gasteiger partial charge in [0.25, 0.3) is 0 Å². The van der Waals surface area contributed by atoms with Crippen LogP contribution in [0.1, 0.15) is 19.3 Å². The van der Waals surface area contributed by atoms with Crippen LogP contribution in [0, 0.1) is 0 Å². The van der Waals surface area contributed by atoms with E-state index in [1.165, 1.54) is 0 Å². The first kappa shape index (κ1) is 9.86. The van der Waals surface area contributed by atoms with E-state index < -0.39 is 4.75 Å². The van der Waals surface area contributed by atoms with Crippen molar-refractivity contribution in [2.75, 3.05) is 20.3 Å². The third kappa shape index (κ3) is 2.14. The Hall–Kier alpha value is -0.220. The van der Waals surface area contributed by atoms with Crippen molar-refractivity contribution in [3.05, 3.63) is 0 Å². The molecule has 0 saturated carbocycles. The summed E-state index contributed by atoms with van der Waals surface area (Å²) in [4.78, 5) is 11.4. The van der Waals surface area contributed by atoms with Gasteiger partial charge in [0.05, 0.1) is 4.75 Å². The van der Waals surface area contributed by atoms with Crippen molar-refractivity contribution in [1.29, 1.82) is 0 Å². The molecule has 1 unspecified atom stereocenters. The third-order valence-corrected chi connectivity index (χ3v) is 2.85. The average molecular weight is 189 g/mol. The number of ether oxygens (including phenoxy) is 1. The average Bonchev–Trinajstić information content (AvgIpc) is 2.07. The second kappa shape index (κ2) is 4.14. The van der Waals surface area contributed by atoms with Gasteiger partial charge < -0.3 is 10.1 Å². The monoisotopic (exact) mass is 189 g/mol. The van der Waals surface area contributed by atoms with Crippen LogP contribution in [-0.4, -0.2) is 30.9 Å². The highest BCUT2D eigenvalue weighted by Gasteiger charge is 2.35. The highest BCUT2D eigenvalue weighted by atomic mass is 32.1. The van der Waals surface area contributed by atoms with Gasteiger partial charge in [-0.1, -0.05) is 0 Å². The molecular formula is C8H15NO2S. The second-order valence-corrected chi connectivity index (χ2v) is 3.99. The van der Waals surface area contributed by atoms with Crippen LogP contribution in [0.5, 0.6) is 0 Å². The first-order valence-corrected chi connectivity index (χ1v) is 4.63. The van der Waals surface area contributed by atoms with E-state index in [0.29, 0.717) is 13.0 Å². The van der Waals surface area contributed by atoms with Crippen molar-refractivity contribution in [1.82, 2.24) is 5.32 Å². The van der Waals surface area contributed by atoms with Crippen molar-refractivity contribution < 1.29 is 9.53 Å². The zero-order valence-electron chi connectivity index (χ0n) is 7.30. The van der Waals surface area contributed by atoms with Gasteiger partial charge in [0.1, 0.15) is 0 Å². The quantitative estimate of drug-likeness (QED) is 0.638. The predicted molar refractivity (Wildman–Crippen MR) is 50.5 cm³/mol. The molecule has 1 atom stereocenters. The Labute approximate surface area is 78.3 Å². The van der Waals surface area contributed by atoms with Crippen molar-refractivity contribution in [2.24, 2.45) is 0 Å². The highest BCUT2D eigenvalue weighted by molar-refractivity contribution is 7.82. The fraction of sp³-hybridized carbons (Fsp3) is 0.875. The fourth-order valence-corrected chi connectivity index (χ4v) is 1.70. The molecule has 1 amide bonds. The lowest BCUT2D eigenvalue weighted by atomic mass is 9.94. The van der Waals surface area contributed by atoms with Crippen molar-refractivity contribution in [3.63, 3.8) is 0 Å². The van der Waals surface area contributed by atoms with E-state index in [-0.39, 0.29) is 5.91 Å². The van der Waals surface area contributed by atoms with Crippen LogP contribution < -0.4 is 5.32 Å². The number of nitrogens with one attached hydrogen (secondary N) is 1. The van der Waals surface area contributed by atoms with Gasteiger partial charge in [-0.2, -0.15) is 12.6 Å². The van der Waals surface area contributed by atoms with Crippen LogP contribution in [0.15, 0.2) is 0 Å². The Bertz CT molecular complexity index is 174. The van der Waals surface area contributed by atoms with Gasteiger partial charge in [-0.25, -0.2) is 0 Å². The van der Waals surface area contributed by atoms with Gasteiger partial charge in [-0.15, -0.1) is 0 Å². The summed E-state index contributed by atoms with van der Waals surface area (Å²) in [6.07, 6.45) is 2.56. The summed E-state index contributed by atoms with van der Waals surface area (Å²) in [6, 6.07) is 0. The minimum atomic E-state index is -0.492. The molecule has 1 aliphatic rings. The Morgan fingerprint density at radius 1 is 1.75 bits per heavy atom. The molecule has 3 nitrogen and oxygen atoms in total. The fourth-order valence-electron chi connectivity index (χ4n) is 1.37. The zero-order chi connectivity index (χ0) is 9.03. The molecule has 70 valence electrons. The Morgan fingerprint density at radius 3 is 3.08 bits per heavy atom. The molecule has 1 rings (SSSR count). The Balaban J connectivity index is 2.48. The van der Waals surface area contributed by atoms with Crippen LogP contribution in [0.25, 0.3) is 0 Å². The number of hydrogen-bond donors (Lipinski definition) is 2. The normalized spacial score (nSPS) is 30.0.